The summed E-state index contributed by atoms with van der Waals surface area (Å²) < 4.78 is 28.2. The Kier molecular flexibility index (Phi) is 14.6. The van der Waals surface area contributed by atoms with Crippen LogP contribution in [0.4, 0.5) is 5.82 Å². The SMILES string of the molecule is CCCCCCCCCCCC(Nc1cccc(C(N)(Cc2ccc(-c3nccs3)cc2)S(=O)(=O)c2ccccn2)n1)C(=O)O.Cl. The highest BCUT2D eigenvalue weighted by atomic mass is 35.5. The predicted molar refractivity (Wildman–Crippen MR) is 187 cm³/mol. The van der Waals surface area contributed by atoms with Crippen molar-refractivity contribution in [2.75, 3.05) is 5.32 Å². The number of unbranched alkanes of at least 4 members (excludes halogenated alkanes) is 8. The van der Waals surface area contributed by atoms with Gasteiger partial charge in [-0.05, 0) is 36.2 Å². The van der Waals surface area contributed by atoms with Crippen molar-refractivity contribution in [3.05, 3.63) is 89.7 Å². The number of carboxylic acid groups (broad SMARTS) is 1. The molecule has 46 heavy (non-hydrogen) atoms. The van der Waals surface area contributed by atoms with Crippen LogP contribution in [0, 0.1) is 0 Å². The number of carbonyl (C=O) groups is 1. The summed E-state index contributed by atoms with van der Waals surface area (Å²) in [6.07, 6.45) is 13.7. The molecule has 0 bridgehead atoms. The van der Waals surface area contributed by atoms with E-state index in [1.807, 2.05) is 29.6 Å². The maximum Gasteiger partial charge on any atom is 0.326 e. The van der Waals surface area contributed by atoms with Crippen LogP contribution in [-0.4, -0.2) is 40.5 Å². The largest absolute Gasteiger partial charge is 0.480 e. The quantitative estimate of drug-likeness (QED) is 0.0847. The third kappa shape index (κ3) is 9.81. The highest BCUT2D eigenvalue weighted by Gasteiger charge is 2.45. The third-order valence-corrected chi connectivity index (χ3v) is 10.8. The molecular weight excluding hydrogens is 642 g/mol. The number of carboxylic acids is 1. The fourth-order valence-electron chi connectivity index (χ4n) is 5.30. The molecule has 0 saturated heterocycles. The molecule has 3 aromatic heterocycles. The van der Waals surface area contributed by atoms with E-state index in [1.54, 1.807) is 36.5 Å². The van der Waals surface area contributed by atoms with Gasteiger partial charge in [-0.1, -0.05) is 101 Å². The van der Waals surface area contributed by atoms with Gasteiger partial charge in [-0.15, -0.1) is 23.7 Å². The maximum absolute atomic E-state index is 14.1. The molecule has 2 atom stereocenters. The van der Waals surface area contributed by atoms with Crippen molar-refractivity contribution in [2.24, 2.45) is 5.73 Å². The molecule has 0 fully saturated rings. The minimum atomic E-state index is -4.25. The Morgan fingerprint density at radius 1 is 0.913 bits per heavy atom. The van der Waals surface area contributed by atoms with E-state index in [0.29, 0.717) is 12.0 Å². The fourth-order valence-corrected chi connectivity index (χ4v) is 7.52. The molecule has 9 nitrogen and oxygen atoms in total. The highest BCUT2D eigenvalue weighted by molar-refractivity contribution is 7.92. The zero-order valence-corrected chi connectivity index (χ0v) is 28.6. The van der Waals surface area contributed by atoms with E-state index >= 15 is 0 Å². The Balaban J connectivity index is 0.00000576. The van der Waals surface area contributed by atoms with Crippen LogP contribution in [0.15, 0.2) is 83.5 Å². The first-order chi connectivity index (χ1) is 21.7. The maximum atomic E-state index is 14.1. The van der Waals surface area contributed by atoms with Crippen molar-refractivity contribution < 1.29 is 18.3 Å². The summed E-state index contributed by atoms with van der Waals surface area (Å²) in [6.45, 7) is 2.21. The van der Waals surface area contributed by atoms with Crippen LogP contribution >= 0.6 is 23.7 Å². The molecular formula is C34H44ClN5O4S2. The first-order valence-electron chi connectivity index (χ1n) is 15.6. The number of hydrogen-bond donors (Lipinski definition) is 3. The number of rotatable bonds is 19. The summed E-state index contributed by atoms with van der Waals surface area (Å²) in [5.41, 5.74) is 8.57. The number of aromatic nitrogens is 3. The summed E-state index contributed by atoms with van der Waals surface area (Å²) >= 11 is 1.51. The van der Waals surface area contributed by atoms with Crippen molar-refractivity contribution in [1.29, 1.82) is 0 Å². The molecule has 0 aliphatic carbocycles. The smallest absolute Gasteiger partial charge is 0.326 e. The van der Waals surface area contributed by atoms with Crippen LogP contribution in [0.2, 0.25) is 0 Å². The number of nitrogens with two attached hydrogens (primary N) is 1. The molecule has 0 saturated carbocycles. The number of nitrogens with zero attached hydrogens (tertiary/aromatic N) is 3. The normalized spacial score (nSPS) is 13.3. The molecule has 12 heteroatoms. The van der Waals surface area contributed by atoms with Gasteiger partial charge in [0.2, 0.25) is 9.84 Å². The number of aliphatic carboxylic acids is 1. The number of halogens is 1. The minimum Gasteiger partial charge on any atom is -0.480 e. The second-order valence-corrected chi connectivity index (χ2v) is 14.4. The first kappa shape index (κ1) is 37.1. The molecule has 0 aliphatic heterocycles. The van der Waals surface area contributed by atoms with E-state index in [1.165, 1.54) is 55.7 Å². The average Bonchev–Trinajstić information content (AvgIpc) is 3.59. The van der Waals surface area contributed by atoms with Crippen LogP contribution in [0.5, 0.6) is 0 Å². The summed E-state index contributed by atoms with van der Waals surface area (Å²) in [5.74, 6) is -0.733. The third-order valence-electron chi connectivity index (χ3n) is 7.89. The second-order valence-electron chi connectivity index (χ2n) is 11.3. The van der Waals surface area contributed by atoms with Crippen molar-refractivity contribution in [1.82, 2.24) is 15.0 Å². The minimum absolute atomic E-state index is 0. The number of nitrogens with one attached hydrogen (secondary N) is 1. The zero-order valence-electron chi connectivity index (χ0n) is 26.2. The molecule has 4 N–H and O–H groups in total. The lowest BCUT2D eigenvalue weighted by molar-refractivity contribution is -0.138. The van der Waals surface area contributed by atoms with Crippen LogP contribution < -0.4 is 11.1 Å². The van der Waals surface area contributed by atoms with Gasteiger partial charge >= 0.3 is 5.97 Å². The molecule has 0 amide bonds. The molecule has 248 valence electrons. The Morgan fingerprint density at radius 3 is 2.22 bits per heavy atom. The van der Waals surface area contributed by atoms with E-state index in [4.69, 9.17) is 5.73 Å². The zero-order chi connectivity index (χ0) is 32.1. The van der Waals surface area contributed by atoms with Crippen LogP contribution in [0.25, 0.3) is 10.6 Å². The molecule has 4 rings (SSSR count). The van der Waals surface area contributed by atoms with Crippen molar-refractivity contribution in [3.8, 4) is 10.6 Å². The van der Waals surface area contributed by atoms with E-state index in [-0.39, 0.29) is 35.4 Å². The molecule has 2 unspecified atom stereocenters. The van der Waals surface area contributed by atoms with Crippen molar-refractivity contribution >= 4 is 45.4 Å². The Labute approximate surface area is 282 Å². The van der Waals surface area contributed by atoms with Gasteiger partial charge in [-0.25, -0.2) is 28.2 Å². The lowest BCUT2D eigenvalue weighted by Gasteiger charge is -2.29. The highest BCUT2D eigenvalue weighted by Crippen LogP contribution is 2.34. The topological polar surface area (TPSA) is 148 Å². The number of hydrogen-bond acceptors (Lipinski definition) is 9. The van der Waals surface area contributed by atoms with Gasteiger partial charge in [-0.3, -0.25) is 0 Å². The summed E-state index contributed by atoms with van der Waals surface area (Å²) in [5, 5.41) is 15.5. The number of sulfone groups is 1. The van der Waals surface area contributed by atoms with Crippen LogP contribution in [0.1, 0.15) is 82.4 Å². The second kappa shape index (κ2) is 18.1. The molecule has 3 heterocycles. The molecule has 0 aliphatic rings. The average molecular weight is 686 g/mol. The van der Waals surface area contributed by atoms with Gasteiger partial charge in [-0.2, -0.15) is 0 Å². The fraction of sp³-hybridized carbons (Fsp3) is 0.412. The number of pyridine rings is 2. The number of anilines is 1. The number of benzene rings is 1. The van der Waals surface area contributed by atoms with Gasteiger partial charge in [0.15, 0.2) is 9.90 Å². The molecule has 0 radical (unpaired) electrons. The number of thiazole rings is 1. The summed E-state index contributed by atoms with van der Waals surface area (Å²) in [7, 11) is -4.25. The lowest BCUT2D eigenvalue weighted by atomic mass is 10.0. The lowest BCUT2D eigenvalue weighted by Crippen LogP contribution is -2.48. The van der Waals surface area contributed by atoms with E-state index in [0.717, 1.165) is 36.3 Å². The van der Waals surface area contributed by atoms with Gasteiger partial charge in [0, 0.05) is 29.8 Å². The Bertz CT molecular complexity index is 1590. The van der Waals surface area contributed by atoms with Crippen LogP contribution in [-0.2, 0) is 25.9 Å². The van der Waals surface area contributed by atoms with Gasteiger partial charge in [0.25, 0.3) is 0 Å². The van der Waals surface area contributed by atoms with Gasteiger partial charge in [0.1, 0.15) is 16.9 Å². The van der Waals surface area contributed by atoms with E-state index < -0.39 is 26.7 Å². The van der Waals surface area contributed by atoms with Crippen LogP contribution in [0.3, 0.4) is 0 Å². The monoisotopic (exact) mass is 685 g/mol. The summed E-state index contributed by atoms with van der Waals surface area (Å²) in [4.78, 5) is 23.2. The van der Waals surface area contributed by atoms with Crippen molar-refractivity contribution in [3.63, 3.8) is 0 Å². The van der Waals surface area contributed by atoms with Gasteiger partial charge in [0.05, 0.1) is 5.69 Å². The summed E-state index contributed by atoms with van der Waals surface area (Å²) in [6, 6.07) is 16.1. The molecule has 4 aromatic rings. The molecule has 1 aromatic carbocycles. The Hall–Kier alpha value is -3.38. The first-order valence-corrected chi connectivity index (χ1v) is 18.0. The standard InChI is InChI=1S/C34H43N5O4S2.ClH/c1-2-3-4-5-6-7-8-9-10-14-28(33(40)41)38-30-16-13-15-29(39-30)34(35,45(42,43)31-17-11-12-22-36-31)25-26-18-20-27(21-19-26)32-37-23-24-44-32;/h11-13,15-24,28H,2-10,14,25,35H2,1H3,(H,38,39)(H,40,41);1H. The van der Waals surface area contributed by atoms with E-state index in [2.05, 4.69) is 27.2 Å². The molecule has 0 spiro atoms. The predicted octanol–water partition coefficient (Wildman–Crippen LogP) is 7.64. The van der Waals surface area contributed by atoms with Crippen molar-refractivity contribution in [2.45, 2.75) is 93.5 Å². The van der Waals surface area contributed by atoms with Gasteiger partial charge < -0.3 is 16.2 Å². The Morgan fingerprint density at radius 2 is 1.61 bits per heavy atom. The van der Waals surface area contributed by atoms with E-state index in [9.17, 15) is 18.3 Å².